The van der Waals surface area contributed by atoms with Gasteiger partial charge in [-0.1, -0.05) is 13.3 Å². The SMILES string of the molecule is CCNC1(C(N)=O)CCCC1CCSCC(N)=O. The van der Waals surface area contributed by atoms with Crippen LogP contribution in [-0.4, -0.2) is 35.4 Å². The normalized spacial score (nSPS) is 27.3. The number of likely N-dealkylation sites (N-methyl/N-ethyl adjacent to an activating group) is 1. The van der Waals surface area contributed by atoms with Gasteiger partial charge in [0.15, 0.2) is 0 Å². The molecule has 1 aliphatic carbocycles. The molecule has 1 saturated carbocycles. The summed E-state index contributed by atoms with van der Waals surface area (Å²) in [5.41, 5.74) is 10.1. The molecule has 0 aromatic carbocycles. The Balaban J connectivity index is 2.51. The van der Waals surface area contributed by atoms with Crippen molar-refractivity contribution in [2.45, 2.75) is 38.1 Å². The molecule has 18 heavy (non-hydrogen) atoms. The number of carbonyl (C=O) groups excluding carboxylic acids is 2. The van der Waals surface area contributed by atoms with Gasteiger partial charge in [-0.05, 0) is 37.5 Å². The maximum absolute atomic E-state index is 11.7. The average Bonchev–Trinajstić information content (AvgIpc) is 2.69. The van der Waals surface area contributed by atoms with Crippen LogP contribution in [-0.2, 0) is 9.59 Å². The fourth-order valence-corrected chi connectivity index (χ4v) is 3.62. The van der Waals surface area contributed by atoms with Gasteiger partial charge in [-0.2, -0.15) is 11.8 Å². The highest BCUT2D eigenvalue weighted by Crippen LogP contribution is 2.38. The van der Waals surface area contributed by atoms with Gasteiger partial charge in [0.25, 0.3) is 0 Å². The first-order valence-corrected chi connectivity index (χ1v) is 7.59. The summed E-state index contributed by atoms with van der Waals surface area (Å²) in [7, 11) is 0. The molecule has 5 N–H and O–H groups in total. The lowest BCUT2D eigenvalue weighted by Crippen LogP contribution is -2.57. The van der Waals surface area contributed by atoms with Gasteiger partial charge in [-0.3, -0.25) is 9.59 Å². The molecule has 104 valence electrons. The second kappa shape index (κ2) is 6.99. The fourth-order valence-electron chi connectivity index (χ4n) is 2.83. The van der Waals surface area contributed by atoms with Gasteiger partial charge in [-0.25, -0.2) is 0 Å². The molecule has 0 radical (unpaired) electrons. The molecule has 1 fully saturated rings. The van der Waals surface area contributed by atoms with Gasteiger partial charge < -0.3 is 16.8 Å². The zero-order valence-corrected chi connectivity index (χ0v) is 11.7. The molecule has 6 heteroatoms. The summed E-state index contributed by atoms with van der Waals surface area (Å²) in [6.07, 6.45) is 3.77. The lowest BCUT2D eigenvalue weighted by molar-refractivity contribution is -0.126. The number of primary amides is 2. The Labute approximate surface area is 112 Å². The molecule has 0 heterocycles. The van der Waals surface area contributed by atoms with Crippen LogP contribution >= 0.6 is 11.8 Å². The number of nitrogens with one attached hydrogen (secondary N) is 1. The molecule has 0 aromatic heterocycles. The number of nitrogens with two attached hydrogens (primary N) is 2. The lowest BCUT2D eigenvalue weighted by Gasteiger charge is -2.33. The number of thioether (sulfide) groups is 1. The van der Waals surface area contributed by atoms with Crippen LogP contribution in [0.15, 0.2) is 0 Å². The standard InChI is InChI=1S/C12H23N3O2S/c1-2-15-12(11(14)17)6-3-4-9(12)5-7-18-8-10(13)16/h9,15H,2-8H2,1H3,(H2,13,16)(H2,14,17). The molecule has 0 bridgehead atoms. The first kappa shape index (κ1) is 15.3. The van der Waals surface area contributed by atoms with Crippen molar-refractivity contribution in [1.29, 1.82) is 0 Å². The zero-order chi connectivity index (χ0) is 13.6. The number of amides is 2. The lowest BCUT2D eigenvalue weighted by atomic mass is 9.84. The average molecular weight is 273 g/mol. The van der Waals surface area contributed by atoms with E-state index in [1.165, 1.54) is 11.8 Å². The van der Waals surface area contributed by atoms with E-state index in [4.69, 9.17) is 11.5 Å². The monoisotopic (exact) mass is 273 g/mol. The molecule has 2 amide bonds. The third-order valence-electron chi connectivity index (χ3n) is 3.61. The van der Waals surface area contributed by atoms with E-state index in [0.717, 1.165) is 38.0 Å². The van der Waals surface area contributed by atoms with Crippen LogP contribution in [0.4, 0.5) is 0 Å². The topological polar surface area (TPSA) is 98.2 Å². The van der Waals surface area contributed by atoms with Gasteiger partial charge in [0.1, 0.15) is 5.54 Å². The van der Waals surface area contributed by atoms with E-state index in [2.05, 4.69) is 5.32 Å². The maximum atomic E-state index is 11.7. The Bertz CT molecular complexity index is 312. The number of hydrogen-bond donors (Lipinski definition) is 3. The zero-order valence-electron chi connectivity index (χ0n) is 10.9. The second-order valence-corrected chi connectivity index (χ2v) is 5.87. The molecule has 0 spiro atoms. The molecular formula is C12H23N3O2S. The van der Waals surface area contributed by atoms with Crippen molar-refractivity contribution in [1.82, 2.24) is 5.32 Å². The predicted octanol–water partition coefficient (Wildman–Crippen LogP) is 0.229. The first-order valence-electron chi connectivity index (χ1n) is 6.44. The molecule has 5 nitrogen and oxygen atoms in total. The molecule has 0 aromatic rings. The van der Waals surface area contributed by atoms with E-state index in [1.54, 1.807) is 0 Å². The summed E-state index contributed by atoms with van der Waals surface area (Å²) in [5, 5.41) is 3.28. The summed E-state index contributed by atoms with van der Waals surface area (Å²) >= 11 is 1.52. The van der Waals surface area contributed by atoms with Gasteiger partial charge in [0.2, 0.25) is 11.8 Å². The molecule has 2 unspecified atom stereocenters. The van der Waals surface area contributed by atoms with Crippen LogP contribution in [0, 0.1) is 5.92 Å². The Kier molecular flexibility index (Phi) is 5.95. The minimum atomic E-state index is -0.540. The molecule has 1 aliphatic rings. The van der Waals surface area contributed by atoms with Crippen LogP contribution in [0.3, 0.4) is 0 Å². The Hall–Kier alpha value is -0.750. The summed E-state index contributed by atoms with van der Waals surface area (Å²) in [4.78, 5) is 22.4. The van der Waals surface area contributed by atoms with E-state index in [1.807, 2.05) is 6.92 Å². The Morgan fingerprint density at radius 1 is 1.44 bits per heavy atom. The van der Waals surface area contributed by atoms with Gasteiger partial charge in [0.05, 0.1) is 5.75 Å². The maximum Gasteiger partial charge on any atom is 0.238 e. The van der Waals surface area contributed by atoms with E-state index in [9.17, 15) is 9.59 Å². The first-order chi connectivity index (χ1) is 8.53. The Morgan fingerprint density at radius 3 is 2.72 bits per heavy atom. The van der Waals surface area contributed by atoms with Crippen molar-refractivity contribution in [2.24, 2.45) is 17.4 Å². The molecule has 0 saturated heterocycles. The Morgan fingerprint density at radius 2 is 2.17 bits per heavy atom. The minimum absolute atomic E-state index is 0.244. The second-order valence-electron chi connectivity index (χ2n) is 4.76. The number of hydrogen-bond acceptors (Lipinski definition) is 4. The number of rotatable bonds is 8. The fraction of sp³-hybridized carbons (Fsp3) is 0.833. The van der Waals surface area contributed by atoms with Gasteiger partial charge in [0, 0.05) is 0 Å². The van der Waals surface area contributed by atoms with Gasteiger partial charge >= 0.3 is 0 Å². The summed E-state index contributed by atoms with van der Waals surface area (Å²) < 4.78 is 0. The molecular weight excluding hydrogens is 250 g/mol. The summed E-state index contributed by atoms with van der Waals surface area (Å²) in [5.74, 6) is 0.923. The molecule has 2 atom stereocenters. The highest BCUT2D eigenvalue weighted by Gasteiger charge is 2.46. The molecule has 1 rings (SSSR count). The van der Waals surface area contributed by atoms with Gasteiger partial charge in [-0.15, -0.1) is 0 Å². The van der Waals surface area contributed by atoms with Crippen LogP contribution in [0.25, 0.3) is 0 Å². The smallest absolute Gasteiger partial charge is 0.238 e. The van der Waals surface area contributed by atoms with Crippen LogP contribution in [0.2, 0.25) is 0 Å². The third kappa shape index (κ3) is 3.62. The third-order valence-corrected chi connectivity index (χ3v) is 4.62. The summed E-state index contributed by atoms with van der Waals surface area (Å²) in [6, 6.07) is 0. The van der Waals surface area contributed by atoms with Crippen molar-refractivity contribution >= 4 is 23.6 Å². The van der Waals surface area contributed by atoms with Crippen LogP contribution in [0.5, 0.6) is 0 Å². The largest absolute Gasteiger partial charge is 0.369 e. The summed E-state index contributed by atoms with van der Waals surface area (Å²) in [6.45, 7) is 2.73. The quantitative estimate of drug-likeness (QED) is 0.551. The minimum Gasteiger partial charge on any atom is -0.369 e. The van der Waals surface area contributed by atoms with Crippen LogP contribution < -0.4 is 16.8 Å². The van der Waals surface area contributed by atoms with E-state index in [0.29, 0.717) is 5.75 Å². The van der Waals surface area contributed by atoms with Crippen molar-refractivity contribution in [2.75, 3.05) is 18.1 Å². The van der Waals surface area contributed by atoms with E-state index < -0.39 is 5.54 Å². The predicted molar refractivity (Wildman–Crippen MR) is 74.1 cm³/mol. The molecule has 0 aliphatic heterocycles. The van der Waals surface area contributed by atoms with E-state index >= 15 is 0 Å². The van der Waals surface area contributed by atoms with Crippen LogP contribution in [0.1, 0.15) is 32.6 Å². The van der Waals surface area contributed by atoms with Crippen molar-refractivity contribution < 1.29 is 9.59 Å². The van der Waals surface area contributed by atoms with E-state index in [-0.39, 0.29) is 17.7 Å². The highest BCUT2D eigenvalue weighted by atomic mass is 32.2. The van der Waals surface area contributed by atoms with Crippen molar-refractivity contribution in [3.63, 3.8) is 0 Å². The van der Waals surface area contributed by atoms with Crippen molar-refractivity contribution in [3.05, 3.63) is 0 Å². The highest BCUT2D eigenvalue weighted by molar-refractivity contribution is 7.99. The number of carbonyl (C=O) groups is 2. The van der Waals surface area contributed by atoms with Crippen molar-refractivity contribution in [3.8, 4) is 0 Å².